The average Bonchev–Trinajstić information content (AvgIpc) is 3.83. The Morgan fingerprint density at radius 1 is 0.426 bits per heavy atom. The first kappa shape index (κ1) is 30.9. The molecule has 2 aliphatic rings. The van der Waals surface area contributed by atoms with E-state index in [1.165, 1.54) is 55.6 Å². The molecule has 1 aromatic heterocycles. The standard InChI is InChI=1S/C52H37NO/c1-51(2)42-25-12-11-23-41(42)49-45(51)28-16-29-46(49)53(36-19-7-4-8-20-36)47-30-15-24-40-39-32-31-35(33-48(39)54-50(40)47)52(34-17-5-3-6-18-34)43-26-13-9-21-37(43)38-22-10-14-27-44(38)52/h3-33H,1-2H3. The lowest BCUT2D eigenvalue weighted by Gasteiger charge is -2.33. The molecule has 0 N–H and O–H groups in total. The van der Waals surface area contributed by atoms with Crippen molar-refractivity contribution in [2.75, 3.05) is 4.90 Å². The third kappa shape index (κ3) is 4.11. The first-order valence-electron chi connectivity index (χ1n) is 18.9. The van der Waals surface area contributed by atoms with Crippen molar-refractivity contribution in [3.63, 3.8) is 0 Å². The van der Waals surface area contributed by atoms with E-state index in [0.29, 0.717) is 0 Å². The van der Waals surface area contributed by atoms with E-state index < -0.39 is 5.41 Å². The highest BCUT2D eigenvalue weighted by Gasteiger charge is 2.46. The topological polar surface area (TPSA) is 16.4 Å². The van der Waals surface area contributed by atoms with Crippen LogP contribution in [0.5, 0.6) is 0 Å². The van der Waals surface area contributed by atoms with Gasteiger partial charge in [0.2, 0.25) is 0 Å². The maximum absolute atomic E-state index is 7.15. The summed E-state index contributed by atoms with van der Waals surface area (Å²) < 4.78 is 7.15. The van der Waals surface area contributed by atoms with Gasteiger partial charge in [0.1, 0.15) is 5.58 Å². The van der Waals surface area contributed by atoms with E-state index in [4.69, 9.17) is 4.42 Å². The summed E-state index contributed by atoms with van der Waals surface area (Å²) >= 11 is 0. The number of anilines is 3. The van der Waals surface area contributed by atoms with Gasteiger partial charge in [-0.1, -0.05) is 172 Å². The van der Waals surface area contributed by atoms with Crippen molar-refractivity contribution in [2.24, 2.45) is 0 Å². The summed E-state index contributed by atoms with van der Waals surface area (Å²) in [6.45, 7) is 4.68. The van der Waals surface area contributed by atoms with Gasteiger partial charge >= 0.3 is 0 Å². The second kappa shape index (κ2) is 11.4. The fourth-order valence-corrected chi connectivity index (χ4v) is 9.81. The molecule has 0 bridgehead atoms. The van der Waals surface area contributed by atoms with Crippen molar-refractivity contribution in [3.05, 3.63) is 221 Å². The summed E-state index contributed by atoms with van der Waals surface area (Å²) in [5, 5.41) is 2.21. The third-order valence-corrected chi connectivity index (χ3v) is 12.2. The van der Waals surface area contributed by atoms with Crippen molar-refractivity contribution in [1.29, 1.82) is 0 Å². The largest absolute Gasteiger partial charge is 0.454 e. The molecular weight excluding hydrogens is 655 g/mol. The Morgan fingerprint density at radius 2 is 1.00 bits per heavy atom. The first-order valence-corrected chi connectivity index (χ1v) is 18.9. The Hall–Kier alpha value is -6.64. The zero-order chi connectivity index (χ0) is 36.0. The predicted octanol–water partition coefficient (Wildman–Crippen LogP) is 13.7. The number of rotatable bonds is 5. The second-order valence-electron chi connectivity index (χ2n) is 15.2. The van der Waals surface area contributed by atoms with Crippen LogP contribution >= 0.6 is 0 Å². The van der Waals surface area contributed by atoms with Crippen LogP contribution in [0.3, 0.4) is 0 Å². The highest BCUT2D eigenvalue weighted by atomic mass is 16.3. The molecule has 0 radical (unpaired) electrons. The molecule has 11 rings (SSSR count). The van der Waals surface area contributed by atoms with Gasteiger partial charge in [-0.2, -0.15) is 0 Å². The van der Waals surface area contributed by atoms with Crippen molar-refractivity contribution in [1.82, 2.24) is 0 Å². The van der Waals surface area contributed by atoms with Crippen LogP contribution in [0.25, 0.3) is 44.2 Å². The van der Waals surface area contributed by atoms with E-state index in [1.807, 2.05) is 0 Å². The zero-order valence-electron chi connectivity index (χ0n) is 30.3. The van der Waals surface area contributed by atoms with Crippen LogP contribution in [-0.4, -0.2) is 0 Å². The molecule has 1 heterocycles. The first-order chi connectivity index (χ1) is 26.6. The van der Waals surface area contributed by atoms with Crippen LogP contribution in [0.1, 0.15) is 47.2 Å². The van der Waals surface area contributed by atoms with Gasteiger partial charge in [-0.15, -0.1) is 0 Å². The summed E-state index contributed by atoms with van der Waals surface area (Å²) in [6, 6.07) is 68.6. The highest BCUT2D eigenvalue weighted by Crippen LogP contribution is 2.57. The Bertz CT molecular complexity index is 2870. The molecule has 0 spiro atoms. The van der Waals surface area contributed by atoms with E-state index in [1.54, 1.807) is 0 Å². The normalized spacial score (nSPS) is 14.4. The lowest BCUT2D eigenvalue weighted by molar-refractivity contribution is 0.660. The van der Waals surface area contributed by atoms with E-state index in [2.05, 4.69) is 207 Å². The van der Waals surface area contributed by atoms with Gasteiger partial charge in [0.05, 0.1) is 16.8 Å². The quantitative estimate of drug-likeness (QED) is 0.179. The molecule has 0 saturated carbocycles. The molecule has 0 unspecified atom stereocenters. The van der Waals surface area contributed by atoms with Crippen LogP contribution in [0.15, 0.2) is 192 Å². The van der Waals surface area contributed by atoms with Gasteiger partial charge in [0.25, 0.3) is 0 Å². The van der Waals surface area contributed by atoms with Gasteiger partial charge in [0.15, 0.2) is 5.58 Å². The van der Waals surface area contributed by atoms with Crippen molar-refractivity contribution in [3.8, 4) is 22.3 Å². The lowest BCUT2D eigenvalue weighted by atomic mass is 9.67. The molecule has 0 amide bonds. The molecule has 0 atom stereocenters. The maximum atomic E-state index is 7.15. The highest BCUT2D eigenvalue weighted by molar-refractivity contribution is 6.11. The second-order valence-corrected chi connectivity index (χ2v) is 15.2. The molecular formula is C52H37NO. The predicted molar refractivity (Wildman–Crippen MR) is 223 cm³/mol. The van der Waals surface area contributed by atoms with Crippen LogP contribution in [0.4, 0.5) is 17.1 Å². The van der Waals surface area contributed by atoms with Crippen LogP contribution in [-0.2, 0) is 10.8 Å². The van der Waals surface area contributed by atoms with Crippen molar-refractivity contribution < 1.29 is 4.42 Å². The van der Waals surface area contributed by atoms with Crippen LogP contribution in [0, 0.1) is 0 Å². The number of fused-ring (bicyclic) bond motifs is 9. The minimum absolute atomic E-state index is 0.113. The monoisotopic (exact) mass is 691 g/mol. The number of hydrogen-bond acceptors (Lipinski definition) is 2. The number of para-hydroxylation sites is 2. The Labute approximate surface area is 315 Å². The minimum atomic E-state index is -0.495. The third-order valence-electron chi connectivity index (χ3n) is 12.2. The molecule has 2 heteroatoms. The smallest absolute Gasteiger partial charge is 0.159 e. The molecule has 0 aliphatic heterocycles. The summed E-state index contributed by atoms with van der Waals surface area (Å²) in [7, 11) is 0. The van der Waals surface area contributed by atoms with Crippen molar-refractivity contribution in [2.45, 2.75) is 24.7 Å². The van der Waals surface area contributed by atoms with Crippen LogP contribution in [0.2, 0.25) is 0 Å². The lowest BCUT2D eigenvalue weighted by Crippen LogP contribution is -2.28. The summed E-state index contributed by atoms with van der Waals surface area (Å²) in [6.07, 6.45) is 0. The molecule has 8 aromatic carbocycles. The molecule has 9 aromatic rings. The number of furan rings is 1. The SMILES string of the molecule is CC1(C)c2ccccc2-c2c(N(c3ccccc3)c3cccc4c3oc3cc(C5(c6ccccc6)c6ccccc6-c6ccccc65)ccc34)cccc21. The van der Waals surface area contributed by atoms with E-state index in [9.17, 15) is 0 Å². The fourth-order valence-electron chi connectivity index (χ4n) is 9.81. The molecule has 2 aliphatic carbocycles. The molecule has 0 fully saturated rings. The average molecular weight is 692 g/mol. The molecule has 256 valence electrons. The van der Waals surface area contributed by atoms with Crippen molar-refractivity contribution >= 4 is 39.0 Å². The van der Waals surface area contributed by atoms with E-state index in [-0.39, 0.29) is 5.41 Å². The Morgan fingerprint density at radius 3 is 1.72 bits per heavy atom. The van der Waals surface area contributed by atoms with Gasteiger partial charge in [-0.3, -0.25) is 0 Å². The van der Waals surface area contributed by atoms with Gasteiger partial charge in [-0.25, -0.2) is 0 Å². The molecule has 2 nitrogen and oxygen atoms in total. The zero-order valence-corrected chi connectivity index (χ0v) is 30.3. The van der Waals surface area contributed by atoms with Gasteiger partial charge in [0, 0.05) is 27.4 Å². The maximum Gasteiger partial charge on any atom is 0.159 e. The minimum Gasteiger partial charge on any atom is -0.454 e. The number of benzene rings is 8. The number of hydrogen-bond donors (Lipinski definition) is 0. The fraction of sp³-hybridized carbons (Fsp3) is 0.0769. The van der Waals surface area contributed by atoms with E-state index >= 15 is 0 Å². The van der Waals surface area contributed by atoms with Gasteiger partial charge < -0.3 is 9.32 Å². The Balaban J connectivity index is 1.17. The van der Waals surface area contributed by atoms with Gasteiger partial charge in [-0.05, 0) is 80.4 Å². The van der Waals surface area contributed by atoms with Crippen LogP contribution < -0.4 is 4.90 Å². The summed E-state index contributed by atoms with van der Waals surface area (Å²) in [5.41, 5.74) is 17.3. The van der Waals surface area contributed by atoms with E-state index in [0.717, 1.165) is 39.0 Å². The Kier molecular flexibility index (Phi) is 6.55. The summed E-state index contributed by atoms with van der Waals surface area (Å²) in [5.74, 6) is 0. The molecule has 54 heavy (non-hydrogen) atoms. The number of nitrogens with zero attached hydrogens (tertiary/aromatic N) is 1. The molecule has 0 saturated heterocycles. The summed E-state index contributed by atoms with van der Waals surface area (Å²) in [4.78, 5) is 2.40.